The predicted octanol–water partition coefficient (Wildman–Crippen LogP) is 2.33. The van der Waals surface area contributed by atoms with Gasteiger partial charge in [-0.3, -0.25) is 4.79 Å². The first-order chi connectivity index (χ1) is 7.16. The van der Waals surface area contributed by atoms with Gasteiger partial charge in [-0.25, -0.2) is 0 Å². The van der Waals surface area contributed by atoms with Crippen LogP contribution in [0.1, 0.15) is 18.1 Å². The number of carbonyl (C=O) groups is 1. The highest BCUT2D eigenvalue weighted by atomic mass is 16.7. The predicted molar refractivity (Wildman–Crippen MR) is 57.0 cm³/mol. The maximum atomic E-state index is 10.8. The average molecular weight is 204 g/mol. The molecule has 0 atom stereocenters. The molecule has 0 fully saturated rings. The number of hydrogen-bond donors (Lipinski definition) is 0. The normalized spacial score (nSPS) is 13.5. The molecule has 3 nitrogen and oxygen atoms in total. The first-order valence-corrected chi connectivity index (χ1v) is 4.76. The Morgan fingerprint density at radius 3 is 2.67 bits per heavy atom. The van der Waals surface area contributed by atoms with E-state index in [4.69, 9.17) is 9.47 Å². The maximum Gasteiger partial charge on any atom is 0.231 e. The Balaban J connectivity index is 2.36. The first kappa shape index (κ1) is 9.77. The second-order valence-corrected chi connectivity index (χ2v) is 3.51. The molecular formula is C12H12O3. The summed E-state index contributed by atoms with van der Waals surface area (Å²) >= 11 is 0. The molecule has 0 N–H and O–H groups in total. The summed E-state index contributed by atoms with van der Waals surface area (Å²) in [7, 11) is 0. The topological polar surface area (TPSA) is 35.5 Å². The number of ether oxygens (including phenoxy) is 2. The van der Waals surface area contributed by atoms with Gasteiger partial charge in [-0.15, -0.1) is 0 Å². The minimum atomic E-state index is 0.0343. The summed E-state index contributed by atoms with van der Waals surface area (Å²) in [5, 5.41) is 0. The fourth-order valence-electron chi connectivity index (χ4n) is 1.45. The van der Waals surface area contributed by atoms with Crippen molar-refractivity contribution in [1.82, 2.24) is 0 Å². The summed E-state index contributed by atoms with van der Waals surface area (Å²) in [6.07, 6.45) is 3.34. The van der Waals surface area contributed by atoms with E-state index in [1.165, 1.54) is 6.92 Å². The summed E-state index contributed by atoms with van der Waals surface area (Å²) in [5.74, 6) is 1.54. The van der Waals surface area contributed by atoms with Crippen LogP contribution in [0.25, 0.3) is 6.08 Å². The zero-order valence-electron chi connectivity index (χ0n) is 8.74. The van der Waals surface area contributed by atoms with Gasteiger partial charge in [0.1, 0.15) is 0 Å². The second-order valence-electron chi connectivity index (χ2n) is 3.51. The molecule has 1 heterocycles. The Bertz CT molecular complexity index is 433. The van der Waals surface area contributed by atoms with Crippen molar-refractivity contribution in [3.63, 3.8) is 0 Å². The molecule has 1 aromatic rings. The van der Waals surface area contributed by atoms with E-state index in [2.05, 4.69) is 0 Å². The molecule has 0 radical (unpaired) electrons. The van der Waals surface area contributed by atoms with E-state index in [9.17, 15) is 4.79 Å². The minimum absolute atomic E-state index is 0.0343. The van der Waals surface area contributed by atoms with E-state index in [0.29, 0.717) is 0 Å². The number of rotatable bonds is 2. The number of allylic oxidation sites excluding steroid dienone is 1. The molecule has 0 aromatic heterocycles. The summed E-state index contributed by atoms with van der Waals surface area (Å²) in [5.41, 5.74) is 2.05. The Morgan fingerprint density at radius 1 is 1.33 bits per heavy atom. The monoisotopic (exact) mass is 204 g/mol. The number of hydrogen-bond acceptors (Lipinski definition) is 3. The number of aryl methyl sites for hydroxylation is 1. The van der Waals surface area contributed by atoms with Gasteiger partial charge < -0.3 is 9.47 Å². The number of carbonyl (C=O) groups excluding carboxylic acids is 1. The van der Waals surface area contributed by atoms with Crippen molar-refractivity contribution in [2.24, 2.45) is 0 Å². The van der Waals surface area contributed by atoms with Gasteiger partial charge in [0.25, 0.3) is 0 Å². The highest BCUT2D eigenvalue weighted by Crippen LogP contribution is 2.34. The van der Waals surface area contributed by atoms with Gasteiger partial charge in [-0.05, 0) is 43.2 Å². The zero-order valence-corrected chi connectivity index (χ0v) is 8.74. The van der Waals surface area contributed by atoms with Crippen LogP contribution in [-0.4, -0.2) is 12.6 Å². The molecule has 0 bridgehead atoms. The van der Waals surface area contributed by atoms with Crippen LogP contribution >= 0.6 is 0 Å². The molecule has 3 heteroatoms. The molecule has 0 saturated carbocycles. The van der Waals surface area contributed by atoms with Crippen LogP contribution in [0.3, 0.4) is 0 Å². The van der Waals surface area contributed by atoms with Crippen LogP contribution in [0.5, 0.6) is 11.5 Å². The van der Waals surface area contributed by atoms with Gasteiger partial charge in [0.15, 0.2) is 17.3 Å². The lowest BCUT2D eigenvalue weighted by molar-refractivity contribution is -0.112. The third-order valence-electron chi connectivity index (χ3n) is 2.26. The standard InChI is InChI=1S/C12H12O3/c1-8-5-11-12(15-7-14-11)6-10(8)4-3-9(2)13/h3-6H,7H2,1-2H3/b4-3+. The third kappa shape index (κ3) is 2.01. The molecule has 15 heavy (non-hydrogen) atoms. The van der Waals surface area contributed by atoms with Crippen LogP contribution in [-0.2, 0) is 4.79 Å². The summed E-state index contributed by atoms with van der Waals surface area (Å²) in [6.45, 7) is 3.77. The number of fused-ring (bicyclic) bond motifs is 1. The Hall–Kier alpha value is -1.77. The van der Waals surface area contributed by atoms with Crippen LogP contribution < -0.4 is 9.47 Å². The molecule has 78 valence electrons. The van der Waals surface area contributed by atoms with Crippen molar-refractivity contribution >= 4 is 11.9 Å². The largest absolute Gasteiger partial charge is 0.454 e. The molecule has 0 amide bonds. The van der Waals surface area contributed by atoms with E-state index in [-0.39, 0.29) is 12.6 Å². The lowest BCUT2D eigenvalue weighted by Gasteiger charge is -2.02. The molecule has 0 saturated heterocycles. The van der Waals surface area contributed by atoms with Crippen molar-refractivity contribution < 1.29 is 14.3 Å². The zero-order chi connectivity index (χ0) is 10.8. The van der Waals surface area contributed by atoms with Crippen molar-refractivity contribution in [2.45, 2.75) is 13.8 Å². The lowest BCUT2D eigenvalue weighted by Crippen LogP contribution is -1.92. The van der Waals surface area contributed by atoms with Crippen molar-refractivity contribution in [3.8, 4) is 11.5 Å². The first-order valence-electron chi connectivity index (χ1n) is 4.76. The second kappa shape index (κ2) is 3.77. The Morgan fingerprint density at radius 2 is 2.00 bits per heavy atom. The smallest absolute Gasteiger partial charge is 0.231 e. The number of benzene rings is 1. The molecule has 0 unspecified atom stereocenters. The maximum absolute atomic E-state index is 10.8. The van der Waals surface area contributed by atoms with Crippen molar-refractivity contribution in [3.05, 3.63) is 29.3 Å². The Kier molecular flexibility index (Phi) is 2.46. The van der Waals surface area contributed by atoms with Crippen molar-refractivity contribution in [2.75, 3.05) is 6.79 Å². The van der Waals surface area contributed by atoms with E-state index >= 15 is 0 Å². The van der Waals surface area contributed by atoms with Gasteiger partial charge in [-0.1, -0.05) is 6.08 Å². The fraction of sp³-hybridized carbons (Fsp3) is 0.250. The summed E-state index contributed by atoms with van der Waals surface area (Å²) in [4.78, 5) is 10.8. The SMILES string of the molecule is CC(=O)/C=C/c1cc2c(cc1C)OCO2. The highest BCUT2D eigenvalue weighted by molar-refractivity contribution is 5.91. The molecule has 2 rings (SSSR count). The third-order valence-corrected chi connectivity index (χ3v) is 2.26. The van der Waals surface area contributed by atoms with Crippen LogP contribution in [0, 0.1) is 6.92 Å². The lowest BCUT2D eigenvalue weighted by atomic mass is 10.1. The number of ketones is 1. The van der Waals surface area contributed by atoms with Gasteiger partial charge >= 0.3 is 0 Å². The quantitative estimate of drug-likeness (QED) is 0.693. The molecule has 0 spiro atoms. The van der Waals surface area contributed by atoms with E-state index in [0.717, 1.165) is 22.6 Å². The van der Waals surface area contributed by atoms with E-state index in [1.807, 2.05) is 19.1 Å². The fourth-order valence-corrected chi connectivity index (χ4v) is 1.45. The summed E-state index contributed by atoms with van der Waals surface area (Å²) in [6, 6.07) is 3.80. The molecular weight excluding hydrogens is 192 g/mol. The van der Waals surface area contributed by atoms with Crippen molar-refractivity contribution in [1.29, 1.82) is 0 Å². The molecule has 0 aliphatic carbocycles. The van der Waals surface area contributed by atoms with Crippen LogP contribution in [0.4, 0.5) is 0 Å². The molecule has 1 aliphatic rings. The van der Waals surface area contributed by atoms with Gasteiger partial charge in [0, 0.05) is 0 Å². The molecule has 1 aromatic carbocycles. The van der Waals surface area contributed by atoms with Gasteiger partial charge in [-0.2, -0.15) is 0 Å². The van der Waals surface area contributed by atoms with E-state index in [1.54, 1.807) is 12.2 Å². The minimum Gasteiger partial charge on any atom is -0.454 e. The van der Waals surface area contributed by atoms with Crippen LogP contribution in [0.2, 0.25) is 0 Å². The molecule has 1 aliphatic heterocycles. The van der Waals surface area contributed by atoms with Crippen LogP contribution in [0.15, 0.2) is 18.2 Å². The van der Waals surface area contributed by atoms with E-state index < -0.39 is 0 Å². The van der Waals surface area contributed by atoms with Gasteiger partial charge in [0.05, 0.1) is 0 Å². The Labute approximate surface area is 88.3 Å². The summed E-state index contributed by atoms with van der Waals surface area (Å²) < 4.78 is 10.5. The van der Waals surface area contributed by atoms with Gasteiger partial charge in [0.2, 0.25) is 6.79 Å². The average Bonchev–Trinajstić information content (AvgIpc) is 2.60. The highest BCUT2D eigenvalue weighted by Gasteiger charge is 2.14.